The molecule has 1 N–H and O–H groups in total. The molecule has 8 heteroatoms. The van der Waals surface area contributed by atoms with Crippen molar-refractivity contribution in [3.05, 3.63) is 30.1 Å². The van der Waals surface area contributed by atoms with Gasteiger partial charge in [-0.05, 0) is 44.5 Å². The molecule has 1 heterocycles. The summed E-state index contributed by atoms with van der Waals surface area (Å²) in [6, 6.07) is 4.97. The Labute approximate surface area is 163 Å². The quantitative estimate of drug-likeness (QED) is 0.735. The lowest BCUT2D eigenvalue weighted by Gasteiger charge is -2.23. The first-order valence-corrected chi connectivity index (χ1v) is 10.3. The molecule has 1 unspecified atom stereocenters. The monoisotopic (exact) mass is 395 g/mol. The second kappa shape index (κ2) is 10.3. The zero-order valence-electron chi connectivity index (χ0n) is 15.7. The van der Waals surface area contributed by atoms with Gasteiger partial charge in [0.25, 0.3) is 0 Å². The van der Waals surface area contributed by atoms with Gasteiger partial charge in [0.15, 0.2) is 0 Å². The van der Waals surface area contributed by atoms with Crippen molar-refractivity contribution in [2.24, 2.45) is 0 Å². The van der Waals surface area contributed by atoms with Gasteiger partial charge in [0.1, 0.15) is 11.9 Å². The van der Waals surface area contributed by atoms with Crippen LogP contribution in [0.2, 0.25) is 0 Å². The summed E-state index contributed by atoms with van der Waals surface area (Å²) in [5.41, 5.74) is 0.496. The Morgan fingerprint density at radius 3 is 2.48 bits per heavy atom. The maximum absolute atomic E-state index is 13.0. The summed E-state index contributed by atoms with van der Waals surface area (Å²) < 4.78 is 13.0. The van der Waals surface area contributed by atoms with Crippen LogP contribution in [0.25, 0.3) is 0 Å². The van der Waals surface area contributed by atoms with E-state index in [0.717, 1.165) is 0 Å². The van der Waals surface area contributed by atoms with Crippen molar-refractivity contribution in [3.63, 3.8) is 0 Å². The fourth-order valence-electron chi connectivity index (χ4n) is 2.93. The van der Waals surface area contributed by atoms with Crippen molar-refractivity contribution in [1.29, 1.82) is 0 Å². The van der Waals surface area contributed by atoms with Crippen molar-refractivity contribution in [2.45, 2.75) is 39.2 Å². The van der Waals surface area contributed by atoms with Gasteiger partial charge in [-0.25, -0.2) is 4.39 Å². The van der Waals surface area contributed by atoms with Gasteiger partial charge in [0.05, 0.1) is 5.88 Å². The first-order chi connectivity index (χ1) is 13.0. The predicted molar refractivity (Wildman–Crippen MR) is 105 cm³/mol. The average Bonchev–Trinajstić information content (AvgIpc) is 3.14. The van der Waals surface area contributed by atoms with E-state index in [1.165, 1.54) is 36.0 Å². The summed E-state index contributed by atoms with van der Waals surface area (Å²) in [6.45, 7) is 5.19. The van der Waals surface area contributed by atoms with E-state index < -0.39 is 6.04 Å². The van der Waals surface area contributed by atoms with E-state index >= 15 is 0 Å². The van der Waals surface area contributed by atoms with Crippen LogP contribution in [0.3, 0.4) is 0 Å². The Bertz CT molecular complexity index is 665. The molecule has 1 aliphatic heterocycles. The van der Waals surface area contributed by atoms with Crippen LogP contribution in [0.4, 0.5) is 10.1 Å². The van der Waals surface area contributed by atoms with E-state index in [4.69, 9.17) is 0 Å². The van der Waals surface area contributed by atoms with Crippen LogP contribution in [0.5, 0.6) is 0 Å². The van der Waals surface area contributed by atoms with Crippen LogP contribution in [0.15, 0.2) is 24.3 Å². The van der Waals surface area contributed by atoms with Crippen molar-refractivity contribution in [2.75, 3.05) is 30.0 Å². The number of nitrogens with one attached hydrogen (secondary N) is 1. The van der Waals surface area contributed by atoms with Gasteiger partial charge in [0.2, 0.25) is 17.7 Å². The minimum Gasteiger partial charge on any atom is -0.343 e. The van der Waals surface area contributed by atoms with E-state index in [9.17, 15) is 18.8 Å². The van der Waals surface area contributed by atoms with Crippen LogP contribution < -0.4 is 5.32 Å². The Hall–Kier alpha value is -2.09. The summed E-state index contributed by atoms with van der Waals surface area (Å²) in [5, 5.41) is 2.73. The zero-order valence-corrected chi connectivity index (χ0v) is 16.6. The topological polar surface area (TPSA) is 69.7 Å². The van der Waals surface area contributed by atoms with Crippen LogP contribution in [0, 0.1) is 5.82 Å². The van der Waals surface area contributed by atoms with Gasteiger partial charge >= 0.3 is 0 Å². The highest BCUT2D eigenvalue weighted by molar-refractivity contribution is 7.99. The molecule has 1 aromatic carbocycles. The number of rotatable bonds is 8. The molecule has 0 bridgehead atoms. The number of carbonyl (C=O) groups is 3. The van der Waals surface area contributed by atoms with E-state index in [1.54, 1.807) is 9.80 Å². The molecule has 0 radical (unpaired) electrons. The minimum atomic E-state index is -0.550. The SMILES string of the molecule is CCN(CC)C(=O)CCCC(=O)N1CSCC1C(=O)Nc1ccc(F)cc1. The number of anilines is 1. The molecule has 1 fully saturated rings. The third kappa shape index (κ3) is 5.95. The van der Waals surface area contributed by atoms with E-state index in [1.807, 2.05) is 13.8 Å². The molecule has 0 aromatic heterocycles. The highest BCUT2D eigenvalue weighted by Gasteiger charge is 2.34. The molecule has 1 aromatic rings. The lowest BCUT2D eigenvalue weighted by Crippen LogP contribution is -2.44. The number of nitrogens with zero attached hydrogens (tertiary/aromatic N) is 2. The lowest BCUT2D eigenvalue weighted by atomic mass is 10.1. The maximum Gasteiger partial charge on any atom is 0.248 e. The summed E-state index contributed by atoms with van der Waals surface area (Å²) >= 11 is 1.52. The van der Waals surface area contributed by atoms with Gasteiger partial charge in [-0.15, -0.1) is 11.8 Å². The summed E-state index contributed by atoms with van der Waals surface area (Å²) in [6.07, 6.45) is 1.05. The van der Waals surface area contributed by atoms with Crippen molar-refractivity contribution in [1.82, 2.24) is 9.80 Å². The Morgan fingerprint density at radius 1 is 1.19 bits per heavy atom. The molecule has 0 saturated carbocycles. The Morgan fingerprint density at radius 2 is 1.85 bits per heavy atom. The number of halogens is 1. The number of hydrogen-bond acceptors (Lipinski definition) is 4. The molecular weight excluding hydrogens is 369 g/mol. The second-order valence-corrected chi connectivity index (χ2v) is 7.29. The van der Waals surface area contributed by atoms with E-state index in [2.05, 4.69) is 5.32 Å². The highest BCUT2D eigenvalue weighted by atomic mass is 32.2. The molecule has 2 rings (SSSR count). The molecule has 6 nitrogen and oxygen atoms in total. The maximum atomic E-state index is 13.0. The van der Waals surface area contributed by atoms with Gasteiger partial charge in [-0.3, -0.25) is 14.4 Å². The molecule has 1 atom stereocenters. The molecular formula is C19H26FN3O3S. The molecule has 1 saturated heterocycles. The normalized spacial score (nSPS) is 16.3. The third-order valence-electron chi connectivity index (χ3n) is 4.51. The van der Waals surface area contributed by atoms with Crippen molar-refractivity contribution in [3.8, 4) is 0 Å². The molecule has 1 aliphatic rings. The summed E-state index contributed by atoms with van der Waals surface area (Å²) in [7, 11) is 0. The van der Waals surface area contributed by atoms with Crippen LogP contribution in [-0.4, -0.2) is 58.3 Å². The number of hydrogen-bond donors (Lipinski definition) is 1. The lowest BCUT2D eigenvalue weighted by molar-refractivity contribution is -0.136. The van der Waals surface area contributed by atoms with Gasteiger partial charge in [0, 0.05) is 37.4 Å². The first kappa shape index (κ1) is 21.2. The van der Waals surface area contributed by atoms with Crippen molar-refractivity contribution >= 4 is 35.2 Å². The third-order valence-corrected chi connectivity index (χ3v) is 5.53. The molecule has 0 spiro atoms. The molecule has 27 heavy (non-hydrogen) atoms. The second-order valence-electron chi connectivity index (χ2n) is 6.29. The first-order valence-electron chi connectivity index (χ1n) is 9.17. The molecule has 0 aliphatic carbocycles. The summed E-state index contributed by atoms with van der Waals surface area (Å²) in [5.74, 6) is 0.266. The zero-order chi connectivity index (χ0) is 19.8. The summed E-state index contributed by atoms with van der Waals surface area (Å²) in [4.78, 5) is 40.3. The number of carbonyl (C=O) groups excluding carboxylic acids is 3. The standard InChI is InChI=1S/C19H26FN3O3S/c1-3-22(4-2)17(24)6-5-7-18(25)23-13-27-12-16(23)19(26)21-15-10-8-14(20)9-11-15/h8-11,16H,3-7,12-13H2,1-2H3,(H,21,26). The fourth-order valence-corrected chi connectivity index (χ4v) is 4.11. The van der Waals surface area contributed by atoms with Crippen LogP contribution in [-0.2, 0) is 14.4 Å². The largest absolute Gasteiger partial charge is 0.343 e. The number of benzene rings is 1. The molecule has 148 valence electrons. The number of amides is 3. The van der Waals surface area contributed by atoms with Gasteiger partial charge in [-0.2, -0.15) is 0 Å². The molecule has 3 amide bonds. The van der Waals surface area contributed by atoms with E-state index in [-0.39, 0.29) is 30.0 Å². The van der Waals surface area contributed by atoms with Crippen LogP contribution in [0.1, 0.15) is 33.1 Å². The predicted octanol–water partition coefficient (Wildman–Crippen LogP) is 2.70. The van der Waals surface area contributed by atoms with E-state index in [0.29, 0.717) is 43.2 Å². The number of thioether (sulfide) groups is 1. The van der Waals surface area contributed by atoms with Gasteiger partial charge < -0.3 is 15.1 Å². The minimum absolute atomic E-state index is 0.0502. The highest BCUT2D eigenvalue weighted by Crippen LogP contribution is 2.23. The van der Waals surface area contributed by atoms with Gasteiger partial charge in [-0.1, -0.05) is 0 Å². The average molecular weight is 396 g/mol. The Balaban J connectivity index is 1.85. The van der Waals surface area contributed by atoms with Crippen LogP contribution >= 0.6 is 11.8 Å². The smallest absolute Gasteiger partial charge is 0.248 e. The Kier molecular flexibility index (Phi) is 8.09. The van der Waals surface area contributed by atoms with Crippen molar-refractivity contribution < 1.29 is 18.8 Å². The fraction of sp³-hybridized carbons (Fsp3) is 0.526.